The lowest BCUT2D eigenvalue weighted by molar-refractivity contribution is -0.115. The van der Waals surface area contributed by atoms with Gasteiger partial charge in [-0.15, -0.1) is 0 Å². The molecule has 2 aromatic rings. The summed E-state index contributed by atoms with van der Waals surface area (Å²) in [7, 11) is 0. The van der Waals surface area contributed by atoms with Crippen LogP contribution < -0.4 is 21.3 Å². The average molecular weight is 386 g/mol. The second-order valence-electron chi connectivity index (χ2n) is 5.97. The quantitative estimate of drug-likeness (QED) is 0.524. The zero-order valence-electron chi connectivity index (χ0n) is 15.5. The molecule has 4 N–H and O–H groups in total. The van der Waals surface area contributed by atoms with E-state index in [0.717, 1.165) is 5.56 Å². The molecular formula is C20H23FN4O3. The number of halogens is 1. The SMILES string of the molecule is CCC(=O)Nc1ccc(C(=O)NCCNC(=O)NCc2ccc(F)cc2)cc1. The van der Waals surface area contributed by atoms with E-state index in [1.807, 2.05) is 0 Å². The number of amides is 4. The van der Waals surface area contributed by atoms with Crippen molar-refractivity contribution in [3.8, 4) is 0 Å². The maximum absolute atomic E-state index is 12.8. The van der Waals surface area contributed by atoms with Crippen LogP contribution in [0.5, 0.6) is 0 Å². The van der Waals surface area contributed by atoms with Crippen molar-refractivity contribution >= 4 is 23.5 Å². The summed E-state index contributed by atoms with van der Waals surface area (Å²) in [6.07, 6.45) is 0.382. The Morgan fingerprint density at radius 1 is 0.857 bits per heavy atom. The van der Waals surface area contributed by atoms with E-state index in [1.165, 1.54) is 12.1 Å². The molecule has 8 heteroatoms. The van der Waals surface area contributed by atoms with Gasteiger partial charge in [-0.25, -0.2) is 9.18 Å². The number of carbonyl (C=O) groups excluding carboxylic acids is 3. The van der Waals surface area contributed by atoms with Crippen molar-refractivity contribution in [3.63, 3.8) is 0 Å². The van der Waals surface area contributed by atoms with E-state index in [2.05, 4.69) is 21.3 Å². The van der Waals surface area contributed by atoms with Crippen LogP contribution in [0.1, 0.15) is 29.3 Å². The first-order chi connectivity index (χ1) is 13.5. The predicted molar refractivity (Wildman–Crippen MR) is 104 cm³/mol. The van der Waals surface area contributed by atoms with Gasteiger partial charge in [0.2, 0.25) is 5.91 Å². The van der Waals surface area contributed by atoms with Crippen molar-refractivity contribution in [2.75, 3.05) is 18.4 Å². The van der Waals surface area contributed by atoms with Crippen LogP contribution in [0.4, 0.5) is 14.9 Å². The second kappa shape index (κ2) is 10.7. The minimum Gasteiger partial charge on any atom is -0.350 e. The topological polar surface area (TPSA) is 99.3 Å². The molecule has 0 aliphatic heterocycles. The first-order valence-corrected chi connectivity index (χ1v) is 8.92. The first-order valence-electron chi connectivity index (χ1n) is 8.92. The fraction of sp³-hybridized carbons (Fsp3) is 0.250. The Morgan fingerprint density at radius 2 is 1.50 bits per heavy atom. The zero-order valence-corrected chi connectivity index (χ0v) is 15.5. The first kappa shape index (κ1) is 20.9. The highest BCUT2D eigenvalue weighted by Gasteiger charge is 2.06. The Kier molecular flexibility index (Phi) is 7.95. The van der Waals surface area contributed by atoms with Crippen LogP contribution in [0, 0.1) is 5.82 Å². The molecule has 2 rings (SSSR count). The van der Waals surface area contributed by atoms with Crippen LogP contribution >= 0.6 is 0 Å². The van der Waals surface area contributed by atoms with Gasteiger partial charge in [0.05, 0.1) is 0 Å². The van der Waals surface area contributed by atoms with Crippen molar-refractivity contribution in [2.24, 2.45) is 0 Å². The number of benzene rings is 2. The molecule has 28 heavy (non-hydrogen) atoms. The van der Waals surface area contributed by atoms with Crippen LogP contribution in [-0.2, 0) is 11.3 Å². The molecule has 0 spiro atoms. The van der Waals surface area contributed by atoms with E-state index in [0.29, 0.717) is 17.7 Å². The molecule has 0 aromatic heterocycles. The summed E-state index contributed by atoms with van der Waals surface area (Å²) < 4.78 is 12.8. The van der Waals surface area contributed by atoms with Crippen LogP contribution in [0.2, 0.25) is 0 Å². The third-order valence-electron chi connectivity index (χ3n) is 3.81. The third kappa shape index (κ3) is 7.06. The fourth-order valence-corrected chi connectivity index (χ4v) is 2.26. The number of carbonyl (C=O) groups is 3. The Bertz CT molecular complexity index is 807. The van der Waals surface area contributed by atoms with E-state index in [-0.39, 0.29) is 43.3 Å². The average Bonchev–Trinajstić information content (AvgIpc) is 2.71. The van der Waals surface area contributed by atoms with Gasteiger partial charge in [-0.2, -0.15) is 0 Å². The van der Waals surface area contributed by atoms with Gasteiger partial charge in [0, 0.05) is 37.3 Å². The third-order valence-corrected chi connectivity index (χ3v) is 3.81. The summed E-state index contributed by atoms with van der Waals surface area (Å²) in [5, 5.41) is 10.7. The molecule has 0 saturated heterocycles. The van der Waals surface area contributed by atoms with Crippen LogP contribution in [0.25, 0.3) is 0 Å². The Balaban J connectivity index is 1.65. The number of rotatable bonds is 8. The Labute approximate surface area is 162 Å². The van der Waals surface area contributed by atoms with E-state index in [1.54, 1.807) is 43.3 Å². The van der Waals surface area contributed by atoms with Gasteiger partial charge in [0.1, 0.15) is 5.82 Å². The molecule has 2 aromatic carbocycles. The molecule has 0 radical (unpaired) electrons. The zero-order chi connectivity index (χ0) is 20.4. The molecule has 7 nitrogen and oxygen atoms in total. The molecule has 148 valence electrons. The van der Waals surface area contributed by atoms with E-state index >= 15 is 0 Å². The number of nitrogens with one attached hydrogen (secondary N) is 4. The Morgan fingerprint density at radius 3 is 2.14 bits per heavy atom. The van der Waals surface area contributed by atoms with Crippen molar-refractivity contribution < 1.29 is 18.8 Å². The van der Waals surface area contributed by atoms with E-state index in [9.17, 15) is 18.8 Å². The lowest BCUT2D eigenvalue weighted by Crippen LogP contribution is -2.40. The summed E-state index contributed by atoms with van der Waals surface area (Å²) in [5.41, 5.74) is 1.86. The van der Waals surface area contributed by atoms with Gasteiger partial charge < -0.3 is 21.3 Å². The van der Waals surface area contributed by atoms with Gasteiger partial charge in [-0.3, -0.25) is 9.59 Å². The number of hydrogen-bond acceptors (Lipinski definition) is 3. The summed E-state index contributed by atoms with van der Waals surface area (Å²) in [5.74, 6) is -0.702. The molecule has 0 saturated carbocycles. The van der Waals surface area contributed by atoms with E-state index in [4.69, 9.17) is 0 Å². The minimum atomic E-state index is -0.380. The molecule has 4 amide bonds. The minimum absolute atomic E-state index is 0.0963. The van der Waals surface area contributed by atoms with Crippen molar-refractivity contribution in [3.05, 3.63) is 65.5 Å². The molecule has 0 aliphatic rings. The van der Waals surface area contributed by atoms with Gasteiger partial charge in [-0.05, 0) is 42.0 Å². The van der Waals surface area contributed by atoms with Gasteiger partial charge in [-0.1, -0.05) is 19.1 Å². The lowest BCUT2D eigenvalue weighted by atomic mass is 10.2. The molecule has 0 bridgehead atoms. The second-order valence-corrected chi connectivity index (χ2v) is 5.97. The van der Waals surface area contributed by atoms with E-state index < -0.39 is 0 Å². The van der Waals surface area contributed by atoms with Crippen LogP contribution in [-0.4, -0.2) is 30.9 Å². The van der Waals surface area contributed by atoms with Crippen molar-refractivity contribution in [1.82, 2.24) is 16.0 Å². The number of anilines is 1. The monoisotopic (exact) mass is 386 g/mol. The van der Waals surface area contributed by atoms with Gasteiger partial charge >= 0.3 is 6.03 Å². The van der Waals surface area contributed by atoms with Crippen molar-refractivity contribution in [2.45, 2.75) is 19.9 Å². The summed E-state index contributed by atoms with van der Waals surface area (Å²) in [6, 6.07) is 12.0. The maximum atomic E-state index is 12.8. The number of hydrogen-bond donors (Lipinski definition) is 4. The smallest absolute Gasteiger partial charge is 0.315 e. The largest absolute Gasteiger partial charge is 0.350 e. The predicted octanol–water partition coefficient (Wildman–Crippen LogP) is 2.40. The lowest BCUT2D eigenvalue weighted by Gasteiger charge is -2.09. The van der Waals surface area contributed by atoms with Crippen LogP contribution in [0.3, 0.4) is 0 Å². The molecular weight excluding hydrogens is 363 g/mol. The highest BCUT2D eigenvalue weighted by Crippen LogP contribution is 2.09. The standard InChI is InChI=1S/C20H23FN4O3/c1-2-18(26)25-17-9-5-15(6-10-17)19(27)22-11-12-23-20(28)24-13-14-3-7-16(21)8-4-14/h3-10H,2,11-13H2,1H3,(H,22,27)(H,25,26)(H2,23,24,28). The maximum Gasteiger partial charge on any atom is 0.315 e. The molecule has 0 atom stereocenters. The Hall–Kier alpha value is -3.42. The van der Waals surface area contributed by atoms with Crippen LogP contribution in [0.15, 0.2) is 48.5 Å². The molecule has 0 aliphatic carbocycles. The summed E-state index contributed by atoms with van der Waals surface area (Å²) in [6.45, 7) is 2.55. The molecule has 0 heterocycles. The number of urea groups is 1. The molecule has 0 fully saturated rings. The van der Waals surface area contributed by atoms with Gasteiger partial charge in [0.15, 0.2) is 0 Å². The van der Waals surface area contributed by atoms with Gasteiger partial charge in [0.25, 0.3) is 5.91 Å². The highest BCUT2D eigenvalue weighted by atomic mass is 19.1. The fourth-order valence-electron chi connectivity index (χ4n) is 2.26. The van der Waals surface area contributed by atoms with Crippen molar-refractivity contribution in [1.29, 1.82) is 0 Å². The molecule has 0 unspecified atom stereocenters. The summed E-state index contributed by atoms with van der Waals surface area (Å²) in [4.78, 5) is 35.1. The normalized spacial score (nSPS) is 10.1. The summed E-state index contributed by atoms with van der Waals surface area (Å²) >= 11 is 0. The highest BCUT2D eigenvalue weighted by molar-refractivity contribution is 5.95.